The second-order valence-corrected chi connectivity index (χ2v) is 21.1. The number of carbonyl (C=O) groups excluding carboxylic acids is 9. The van der Waals surface area contributed by atoms with Gasteiger partial charge in [-0.1, -0.05) is 56.3 Å². The fourth-order valence-corrected chi connectivity index (χ4v) is 9.54. The van der Waals surface area contributed by atoms with E-state index in [9.17, 15) is 53.4 Å². The van der Waals surface area contributed by atoms with Gasteiger partial charge in [0, 0.05) is 32.5 Å². The van der Waals surface area contributed by atoms with Crippen molar-refractivity contribution in [2.24, 2.45) is 56.0 Å². The van der Waals surface area contributed by atoms with E-state index < -0.39 is 108 Å². The number of aliphatic imine (C=N–C) groups is 2. The van der Waals surface area contributed by atoms with Gasteiger partial charge < -0.3 is 87.1 Å². The van der Waals surface area contributed by atoms with E-state index in [4.69, 9.17) is 40.1 Å². The van der Waals surface area contributed by atoms with Crippen molar-refractivity contribution < 1.29 is 53.4 Å². The van der Waals surface area contributed by atoms with Gasteiger partial charge in [-0.25, -0.2) is 0 Å². The van der Waals surface area contributed by atoms with Crippen molar-refractivity contribution in [2.45, 2.75) is 147 Å². The molecule has 3 aromatic rings. The maximum Gasteiger partial charge on any atom is 0.245 e. The summed E-state index contributed by atoms with van der Waals surface area (Å²) < 4.78 is 0. The van der Waals surface area contributed by atoms with Crippen LogP contribution >= 0.6 is 0 Å². The summed E-state index contributed by atoms with van der Waals surface area (Å²) in [7, 11) is 0. The van der Waals surface area contributed by atoms with Gasteiger partial charge in [0.2, 0.25) is 53.2 Å². The van der Waals surface area contributed by atoms with Gasteiger partial charge in [-0.3, -0.25) is 53.1 Å². The molecule has 1 aliphatic heterocycles. The number of aromatic hydroxyl groups is 2. The van der Waals surface area contributed by atoms with E-state index in [0.29, 0.717) is 34.2 Å². The van der Waals surface area contributed by atoms with Crippen LogP contribution in [-0.2, 0) is 62.4 Å². The highest BCUT2D eigenvalue weighted by Gasteiger charge is 2.40. The molecule has 22 N–H and O–H groups in total. The highest BCUT2D eigenvalue weighted by Crippen LogP contribution is 2.24. The number of aryl methyl sites for hydroxylation is 2. The lowest BCUT2D eigenvalue weighted by Crippen LogP contribution is -2.60. The third-order valence-corrected chi connectivity index (χ3v) is 13.7. The maximum atomic E-state index is 15.0. The van der Waals surface area contributed by atoms with Crippen molar-refractivity contribution in [3.8, 4) is 11.5 Å². The van der Waals surface area contributed by atoms with E-state index in [1.54, 1.807) is 56.3 Å². The number of phenols is 2. The number of hydrogen-bond acceptors (Lipinski definition) is 14. The first kappa shape index (κ1) is 66.5. The molecule has 1 heterocycles. The Hall–Kier alpha value is -9.01. The first-order valence-electron chi connectivity index (χ1n) is 27.4. The van der Waals surface area contributed by atoms with Gasteiger partial charge in [0.15, 0.2) is 11.9 Å². The third-order valence-electron chi connectivity index (χ3n) is 13.7. The number of carbonyl (C=O) groups is 9. The molecule has 0 aliphatic carbocycles. The van der Waals surface area contributed by atoms with E-state index in [1.807, 2.05) is 13.8 Å². The summed E-state index contributed by atoms with van der Waals surface area (Å²) in [4.78, 5) is 134. The largest absolute Gasteiger partial charge is 0.508 e. The van der Waals surface area contributed by atoms with Crippen molar-refractivity contribution in [1.82, 2.24) is 36.8 Å². The number of likely N-dealkylation sites (tertiary alicyclic amines) is 1. The third kappa shape index (κ3) is 22.1. The van der Waals surface area contributed by atoms with Crippen LogP contribution in [0.2, 0.25) is 0 Å². The minimum absolute atomic E-state index is 0.00926. The van der Waals surface area contributed by atoms with Crippen LogP contribution in [0, 0.1) is 19.8 Å². The molecule has 27 heteroatoms. The second kappa shape index (κ2) is 32.4. The molecular weight excluding hydrogens is 1070 g/mol. The van der Waals surface area contributed by atoms with E-state index >= 15 is 0 Å². The molecule has 1 saturated heterocycles. The van der Waals surface area contributed by atoms with Gasteiger partial charge in [0.05, 0.1) is 12.5 Å². The quantitative estimate of drug-likeness (QED) is 0.0174. The summed E-state index contributed by atoms with van der Waals surface area (Å²) >= 11 is 0. The van der Waals surface area contributed by atoms with E-state index in [2.05, 4.69) is 41.9 Å². The van der Waals surface area contributed by atoms with E-state index in [-0.39, 0.29) is 107 Å². The topological polar surface area (TPSA) is 476 Å². The lowest BCUT2D eigenvalue weighted by Gasteiger charge is -2.31. The van der Waals surface area contributed by atoms with E-state index in [1.165, 1.54) is 29.2 Å². The zero-order valence-corrected chi connectivity index (χ0v) is 47.4. The molecule has 0 spiro atoms. The minimum atomic E-state index is -1.51. The van der Waals surface area contributed by atoms with E-state index in [0.717, 1.165) is 0 Å². The van der Waals surface area contributed by atoms with Crippen LogP contribution in [0.5, 0.6) is 11.5 Å². The molecule has 0 saturated carbocycles. The summed E-state index contributed by atoms with van der Waals surface area (Å²) in [6.45, 7) is 7.19. The summed E-state index contributed by atoms with van der Waals surface area (Å²) in [5, 5.41) is 36.4. The van der Waals surface area contributed by atoms with Crippen LogP contribution in [-0.4, -0.2) is 148 Å². The normalized spacial score (nSPS) is 15.4. The van der Waals surface area contributed by atoms with Gasteiger partial charge in [0.25, 0.3) is 0 Å². The Morgan fingerprint density at radius 1 is 0.590 bits per heavy atom. The monoisotopic (exact) mass is 1150 g/mol. The minimum Gasteiger partial charge on any atom is -0.508 e. The molecule has 1 aliphatic rings. The Morgan fingerprint density at radius 3 is 1.64 bits per heavy atom. The van der Waals surface area contributed by atoms with Gasteiger partial charge in [0.1, 0.15) is 53.8 Å². The number of guanidine groups is 2. The molecule has 4 rings (SSSR count). The molecule has 8 atom stereocenters. The Morgan fingerprint density at radius 2 is 1.08 bits per heavy atom. The molecule has 3 aromatic carbocycles. The van der Waals surface area contributed by atoms with Crippen molar-refractivity contribution in [3.63, 3.8) is 0 Å². The standard InChI is InChI=1S/C56H82N16O11/c1-30(2)23-42(70-51(80)43(27-33-11-6-5-7-12-33)69-48(77)38(57)26-34-16-18-35(73)19-17-34)50(79)71-44(28-37-31(3)24-36(74)25-32(37)4)52(81)67-40(14-9-21-65-56(62)63)54(83)72-22-10-15-45(72)53(82)66-39(13-8-20-64-55(60)61)49(78)68-41(47(59)76)29-46(58)75/h5-7,11-12,16-19,24-25,30,38-45,73-74H,8-10,13-15,20-23,26-29,57H2,1-4H3,(H2,58,75)(H2,59,76)(H,66,82)(H,67,81)(H,68,78)(H,69,77)(H,70,80)(H,71,79)(H4,60,61,64)(H4,62,63,65)/t38-,39-,40-,41-,42-,43-,44-,45-/m0/s1. The summed E-state index contributed by atoms with van der Waals surface area (Å²) in [6, 6.07) is 7.51. The molecule has 27 nitrogen and oxygen atoms in total. The van der Waals surface area contributed by atoms with Crippen LogP contribution in [0.3, 0.4) is 0 Å². The molecule has 1 fully saturated rings. The number of rotatable bonds is 32. The van der Waals surface area contributed by atoms with Crippen molar-refractivity contribution in [2.75, 3.05) is 19.6 Å². The molecule has 452 valence electrons. The number of nitrogens with two attached hydrogens (primary N) is 7. The average Bonchev–Trinajstić information content (AvgIpc) is 4.15. The Balaban J connectivity index is 1.67. The molecular formula is C56H82N16O11. The Labute approximate surface area is 482 Å². The first-order chi connectivity index (χ1) is 39.2. The van der Waals surface area contributed by atoms with Gasteiger partial charge in [-0.2, -0.15) is 0 Å². The lowest BCUT2D eigenvalue weighted by atomic mass is 9.94. The van der Waals surface area contributed by atoms with Crippen LogP contribution in [0.4, 0.5) is 0 Å². The van der Waals surface area contributed by atoms with Crippen LogP contribution in [0.15, 0.2) is 76.7 Å². The van der Waals surface area contributed by atoms with Crippen molar-refractivity contribution in [1.29, 1.82) is 0 Å². The number of primary amides is 2. The van der Waals surface area contributed by atoms with Gasteiger partial charge in [-0.15, -0.1) is 0 Å². The molecule has 83 heavy (non-hydrogen) atoms. The smallest absolute Gasteiger partial charge is 0.245 e. The Bertz CT molecular complexity index is 2780. The number of amides is 9. The molecule has 0 aromatic heterocycles. The SMILES string of the molecule is Cc1cc(O)cc(C)c1C[C@H](NC(=O)[C@H](CC(C)C)NC(=O)[C@H](Cc1ccccc1)NC(=O)[C@@H](N)Cc1ccc(O)cc1)C(=O)N[C@@H](CCCN=C(N)N)C(=O)N1CCC[C@H]1C(=O)N[C@@H](CCCN=C(N)N)C(=O)N[C@@H](CC(N)=O)C(N)=O. The fourth-order valence-electron chi connectivity index (χ4n) is 9.54. The second-order valence-electron chi connectivity index (χ2n) is 21.1. The Kier molecular flexibility index (Phi) is 26.0. The zero-order chi connectivity index (χ0) is 61.5. The van der Waals surface area contributed by atoms with Crippen LogP contribution in [0.1, 0.15) is 93.0 Å². The first-order valence-corrected chi connectivity index (χ1v) is 27.4. The van der Waals surface area contributed by atoms with Crippen LogP contribution in [0.25, 0.3) is 0 Å². The summed E-state index contributed by atoms with van der Waals surface area (Å²) in [6.07, 6.45) is -0.0344. The highest BCUT2D eigenvalue weighted by molar-refractivity contribution is 5.98. The predicted octanol–water partition coefficient (Wildman–Crippen LogP) is -2.52. The van der Waals surface area contributed by atoms with Crippen molar-refractivity contribution >= 4 is 65.1 Å². The zero-order valence-electron chi connectivity index (χ0n) is 47.4. The number of nitrogens with one attached hydrogen (secondary N) is 6. The highest BCUT2D eigenvalue weighted by atomic mass is 16.3. The fraction of sp³-hybridized carbons (Fsp3) is 0.482. The lowest BCUT2D eigenvalue weighted by molar-refractivity contribution is -0.142. The number of benzene rings is 3. The van der Waals surface area contributed by atoms with Crippen molar-refractivity contribution in [3.05, 3.63) is 94.5 Å². The number of nitrogens with zero attached hydrogens (tertiary/aromatic N) is 3. The van der Waals surface area contributed by atoms with Crippen LogP contribution < -0.4 is 72.0 Å². The molecule has 0 unspecified atom stereocenters. The van der Waals surface area contributed by atoms with Gasteiger partial charge >= 0.3 is 0 Å². The molecule has 0 radical (unpaired) electrons. The summed E-state index contributed by atoms with van der Waals surface area (Å²) in [5.41, 5.74) is 42.2. The molecule has 0 bridgehead atoms. The number of hydrogen-bond donors (Lipinski definition) is 15. The average molecular weight is 1160 g/mol. The van der Waals surface area contributed by atoms with Gasteiger partial charge in [-0.05, 0) is 123 Å². The molecule has 9 amide bonds. The predicted molar refractivity (Wildman–Crippen MR) is 310 cm³/mol. The number of phenolic OH excluding ortho intramolecular Hbond substituents is 2. The maximum absolute atomic E-state index is 15.0. The summed E-state index contributed by atoms with van der Waals surface area (Å²) in [5.74, 6) is -8.01.